The summed E-state index contributed by atoms with van der Waals surface area (Å²) in [6, 6.07) is 0. The second-order valence-corrected chi connectivity index (χ2v) is 10.0. The maximum absolute atomic E-state index is 9.20. The molecule has 0 aliphatic heterocycles. The van der Waals surface area contributed by atoms with Crippen LogP contribution in [0.15, 0.2) is 16.8 Å². The number of unbranched alkanes of at least 4 members (excludes halogenated alkanes) is 2. The summed E-state index contributed by atoms with van der Waals surface area (Å²) < 4.78 is 6.63. The van der Waals surface area contributed by atoms with Crippen molar-refractivity contribution in [3.05, 3.63) is 11.6 Å². The Morgan fingerprint density at radius 3 is 2.72 bits per heavy atom. The maximum atomic E-state index is 9.20. The van der Waals surface area contributed by atoms with Crippen molar-refractivity contribution in [1.29, 1.82) is 0 Å². The fourth-order valence-electron chi connectivity index (χ4n) is 7.88. The molecule has 4 rings (SSSR count). The lowest BCUT2D eigenvalue weighted by Crippen LogP contribution is -2.54. The predicted octanol–water partition coefficient (Wildman–Crippen LogP) is 6.36. The van der Waals surface area contributed by atoms with Gasteiger partial charge >= 0.3 is 0 Å². The van der Waals surface area contributed by atoms with Crippen LogP contribution in [0.2, 0.25) is 0 Å². The molecule has 29 heavy (non-hydrogen) atoms. The molecule has 0 unspecified atom stereocenters. The van der Waals surface area contributed by atoms with Crippen molar-refractivity contribution < 1.29 is 9.94 Å². The second-order valence-electron chi connectivity index (χ2n) is 10.0. The maximum Gasteiger partial charge on any atom is 0.134 e. The summed E-state index contributed by atoms with van der Waals surface area (Å²) in [5.74, 6) is 6.21. The average Bonchev–Trinajstić information content (AvgIpc) is 3.11. The van der Waals surface area contributed by atoms with Gasteiger partial charge in [-0.05, 0) is 94.0 Å². The van der Waals surface area contributed by atoms with E-state index in [4.69, 9.17) is 11.2 Å². The van der Waals surface area contributed by atoms with Crippen LogP contribution >= 0.6 is 0 Å². The zero-order valence-electron chi connectivity index (χ0n) is 18.5. The van der Waals surface area contributed by atoms with Crippen molar-refractivity contribution in [2.24, 2.45) is 34.2 Å². The fraction of sp³-hybridized carbons (Fsp3) is 0.808. The Labute approximate surface area is 177 Å². The van der Waals surface area contributed by atoms with Gasteiger partial charge in [0.25, 0.3) is 0 Å². The molecule has 0 bridgehead atoms. The minimum absolute atomic E-state index is 0.169. The summed E-state index contributed by atoms with van der Waals surface area (Å²) in [7, 11) is 0. The molecule has 3 fully saturated rings. The lowest BCUT2D eigenvalue weighted by molar-refractivity contribution is -0.132. The molecule has 0 heterocycles. The highest BCUT2D eigenvalue weighted by Gasteiger charge is 2.64. The molecule has 160 valence electrons. The molecule has 3 nitrogen and oxygen atoms in total. The third-order valence-electron chi connectivity index (χ3n) is 9.22. The molecule has 4 aliphatic rings. The summed E-state index contributed by atoms with van der Waals surface area (Å²) in [4.78, 5) is 0. The minimum Gasteiger partial charge on any atom is -0.411 e. The summed E-state index contributed by atoms with van der Waals surface area (Å²) in [5.41, 5.74) is 2.25. The number of ether oxygens (including phenoxy) is 1. The molecule has 3 saturated carbocycles. The van der Waals surface area contributed by atoms with Crippen LogP contribution in [0.1, 0.15) is 90.9 Å². The van der Waals surface area contributed by atoms with Crippen LogP contribution in [0.25, 0.3) is 0 Å². The molecule has 0 aromatic carbocycles. The molecular formula is C26H39NO2. The lowest BCUT2D eigenvalue weighted by Gasteiger charge is -2.56. The van der Waals surface area contributed by atoms with Crippen LogP contribution in [0.5, 0.6) is 0 Å². The summed E-state index contributed by atoms with van der Waals surface area (Å²) in [6.07, 6.45) is 22.5. The van der Waals surface area contributed by atoms with Crippen molar-refractivity contribution in [3.63, 3.8) is 0 Å². The molecule has 3 heteroatoms. The van der Waals surface area contributed by atoms with Gasteiger partial charge in [-0.2, -0.15) is 0 Å². The largest absolute Gasteiger partial charge is 0.411 e. The number of nitrogens with zero attached hydrogens (tertiary/aromatic N) is 1. The normalized spacial score (nSPS) is 42.5. The third kappa shape index (κ3) is 3.27. The molecular weight excluding hydrogens is 358 g/mol. The summed E-state index contributed by atoms with van der Waals surface area (Å²) in [5, 5.41) is 12.7. The first-order chi connectivity index (χ1) is 14.1. The van der Waals surface area contributed by atoms with Gasteiger partial charge in [0.1, 0.15) is 5.60 Å². The minimum atomic E-state index is -0.343. The highest BCUT2D eigenvalue weighted by Crippen LogP contribution is 2.67. The van der Waals surface area contributed by atoms with E-state index in [-0.39, 0.29) is 11.0 Å². The number of allylic oxidation sites excluding steroid dienone is 2. The molecule has 0 saturated heterocycles. The zero-order chi connectivity index (χ0) is 20.5. The highest BCUT2D eigenvalue weighted by atomic mass is 16.5. The Bertz CT molecular complexity index is 704. The molecule has 1 N–H and O–H groups in total. The monoisotopic (exact) mass is 397 g/mol. The molecule has 0 amide bonds. The smallest absolute Gasteiger partial charge is 0.134 e. The molecule has 0 aromatic rings. The van der Waals surface area contributed by atoms with E-state index in [1.54, 1.807) is 5.57 Å². The number of rotatable bonds is 6. The SMILES string of the molecule is C#C[C@]1(OCCCCC)CC[C@H]2[C@@H]3CCC4=C/C(=N\O)CC[C@@H]4[C@H]3CC[C@@]21CC. The van der Waals surface area contributed by atoms with Crippen molar-refractivity contribution >= 4 is 5.71 Å². The summed E-state index contributed by atoms with van der Waals surface area (Å²) >= 11 is 0. The van der Waals surface area contributed by atoms with E-state index in [0.29, 0.717) is 11.8 Å². The van der Waals surface area contributed by atoms with Gasteiger partial charge in [-0.25, -0.2) is 0 Å². The van der Waals surface area contributed by atoms with E-state index in [9.17, 15) is 5.21 Å². The van der Waals surface area contributed by atoms with Gasteiger partial charge in [-0.1, -0.05) is 43.3 Å². The van der Waals surface area contributed by atoms with Gasteiger partial charge in [-0.3, -0.25) is 0 Å². The Balaban J connectivity index is 1.57. The summed E-state index contributed by atoms with van der Waals surface area (Å²) in [6.45, 7) is 5.42. The average molecular weight is 398 g/mol. The third-order valence-corrected chi connectivity index (χ3v) is 9.22. The first-order valence-corrected chi connectivity index (χ1v) is 12.2. The topological polar surface area (TPSA) is 41.8 Å². The molecule has 4 aliphatic carbocycles. The number of fused-ring (bicyclic) bond motifs is 5. The number of hydrogen-bond donors (Lipinski definition) is 1. The second kappa shape index (κ2) is 8.46. The Hall–Kier alpha value is -1.27. The lowest BCUT2D eigenvalue weighted by atomic mass is 9.49. The van der Waals surface area contributed by atoms with E-state index in [2.05, 4.69) is 31.0 Å². The van der Waals surface area contributed by atoms with Gasteiger partial charge in [0, 0.05) is 12.0 Å². The van der Waals surface area contributed by atoms with Crippen LogP contribution in [-0.4, -0.2) is 23.1 Å². The molecule has 0 aromatic heterocycles. The van der Waals surface area contributed by atoms with Crippen molar-refractivity contribution in [2.75, 3.05) is 6.61 Å². The van der Waals surface area contributed by atoms with Crippen LogP contribution in [-0.2, 0) is 4.74 Å². The van der Waals surface area contributed by atoms with E-state index in [1.807, 2.05) is 0 Å². The Morgan fingerprint density at radius 2 is 2.00 bits per heavy atom. The van der Waals surface area contributed by atoms with E-state index in [0.717, 1.165) is 56.3 Å². The first-order valence-electron chi connectivity index (χ1n) is 12.2. The highest BCUT2D eigenvalue weighted by molar-refractivity contribution is 5.96. The van der Waals surface area contributed by atoms with E-state index >= 15 is 0 Å². The predicted molar refractivity (Wildman–Crippen MR) is 118 cm³/mol. The number of terminal acetylenes is 1. The Morgan fingerprint density at radius 1 is 1.14 bits per heavy atom. The first kappa shape index (κ1) is 21.0. The van der Waals surface area contributed by atoms with Crippen molar-refractivity contribution in [3.8, 4) is 12.3 Å². The molecule has 0 radical (unpaired) electrons. The number of hydrogen-bond acceptors (Lipinski definition) is 3. The van der Waals surface area contributed by atoms with Crippen LogP contribution in [0.3, 0.4) is 0 Å². The van der Waals surface area contributed by atoms with Gasteiger partial charge in [-0.15, -0.1) is 6.42 Å². The van der Waals surface area contributed by atoms with E-state index < -0.39 is 0 Å². The molecule has 6 atom stereocenters. The van der Waals surface area contributed by atoms with Gasteiger partial charge in [0.05, 0.1) is 5.71 Å². The standard InChI is InChI=1S/C26H39NO2/c1-4-7-8-17-29-26(6-3)16-14-24-23-11-9-19-18-20(27-28)10-12-21(19)22(23)13-15-25(24,26)5-2/h3,18,21-24,28H,4-5,7-17H2,1-2H3/b27-20-/t21-,22+,23+,24-,25-,26-/m0/s1. The van der Waals surface area contributed by atoms with Gasteiger partial charge < -0.3 is 9.94 Å². The van der Waals surface area contributed by atoms with Gasteiger partial charge in [0.15, 0.2) is 0 Å². The quantitative estimate of drug-likeness (QED) is 0.245. The Kier molecular flexibility index (Phi) is 6.12. The van der Waals surface area contributed by atoms with Crippen LogP contribution in [0.4, 0.5) is 0 Å². The fourth-order valence-corrected chi connectivity index (χ4v) is 7.88. The van der Waals surface area contributed by atoms with E-state index in [1.165, 1.54) is 44.9 Å². The van der Waals surface area contributed by atoms with Crippen molar-refractivity contribution in [2.45, 2.75) is 96.5 Å². The van der Waals surface area contributed by atoms with Crippen LogP contribution < -0.4 is 0 Å². The van der Waals surface area contributed by atoms with Gasteiger partial charge in [0.2, 0.25) is 0 Å². The van der Waals surface area contributed by atoms with Crippen LogP contribution in [0, 0.1) is 41.4 Å². The molecule has 0 spiro atoms. The van der Waals surface area contributed by atoms with Crippen molar-refractivity contribution in [1.82, 2.24) is 0 Å². The zero-order valence-corrected chi connectivity index (χ0v) is 18.5. The number of oxime groups is 1.